The fraction of sp³-hybridized carbons (Fsp3) is 0.0208. The molecule has 0 aliphatic heterocycles. The second-order valence-electron chi connectivity index (χ2n) is 13.1. The first-order valence-corrected chi connectivity index (χ1v) is 17.7. The number of rotatable bonds is 6. The minimum atomic E-state index is 0.580. The van der Waals surface area contributed by atoms with Crippen LogP contribution in [0.25, 0.3) is 106 Å². The van der Waals surface area contributed by atoms with E-state index in [2.05, 4.69) is 84.9 Å². The van der Waals surface area contributed by atoms with Crippen molar-refractivity contribution in [2.24, 2.45) is 0 Å². The number of fused-ring (bicyclic) bond motifs is 7. The second-order valence-corrected chi connectivity index (χ2v) is 13.1. The topological polar surface area (TPSA) is 65.0 Å². The number of benzene rings is 7. The average Bonchev–Trinajstić information content (AvgIpc) is 3.79. The van der Waals surface area contributed by atoms with E-state index in [-0.39, 0.29) is 0 Å². The molecule has 0 N–H and O–H groups in total. The van der Waals surface area contributed by atoms with Crippen molar-refractivity contribution in [3.63, 3.8) is 0 Å². The van der Waals surface area contributed by atoms with Crippen molar-refractivity contribution >= 4 is 60.7 Å². The van der Waals surface area contributed by atoms with Crippen LogP contribution in [0.4, 0.5) is 0 Å². The molecule has 0 bridgehead atoms. The van der Waals surface area contributed by atoms with Crippen LogP contribution in [0.5, 0.6) is 0 Å². The van der Waals surface area contributed by atoms with Crippen molar-refractivity contribution in [2.45, 2.75) is 6.92 Å². The maximum Gasteiger partial charge on any atom is 0.164 e. The Hall–Kier alpha value is -7.11. The molecule has 53 heavy (non-hydrogen) atoms. The predicted octanol–water partition coefficient (Wildman–Crippen LogP) is 13.1. The van der Waals surface area contributed by atoms with Crippen molar-refractivity contribution in [3.05, 3.63) is 169 Å². The van der Waals surface area contributed by atoms with E-state index in [1.807, 2.05) is 91.9 Å². The largest absolute Gasteiger partial charge is 0.456 e. The van der Waals surface area contributed by atoms with Gasteiger partial charge in [0, 0.05) is 38.2 Å². The van der Waals surface area contributed by atoms with Crippen LogP contribution in [0, 0.1) is 0 Å². The van der Waals surface area contributed by atoms with Crippen LogP contribution >= 0.6 is 0 Å². The van der Waals surface area contributed by atoms with Gasteiger partial charge in [0.2, 0.25) is 0 Å². The molecule has 0 spiro atoms. The summed E-state index contributed by atoms with van der Waals surface area (Å²) in [5.74, 6) is 1.77. The molecular formula is C48H31N3O2. The molecule has 0 radical (unpaired) electrons. The highest BCUT2D eigenvalue weighted by Gasteiger charge is 2.19. The highest BCUT2D eigenvalue weighted by atomic mass is 16.3. The molecule has 0 aliphatic carbocycles. The number of hydrogen-bond donors (Lipinski definition) is 0. The molecule has 7 aromatic carbocycles. The minimum absolute atomic E-state index is 0.580. The summed E-state index contributed by atoms with van der Waals surface area (Å²) in [7, 11) is 0. The van der Waals surface area contributed by atoms with E-state index in [1.165, 1.54) is 16.3 Å². The van der Waals surface area contributed by atoms with E-state index < -0.39 is 0 Å². The van der Waals surface area contributed by atoms with Gasteiger partial charge in [-0.25, -0.2) is 15.0 Å². The van der Waals surface area contributed by atoms with Gasteiger partial charge in [-0.15, -0.1) is 0 Å². The van der Waals surface area contributed by atoms with Gasteiger partial charge in [0.05, 0.1) is 0 Å². The third kappa shape index (κ3) is 5.29. The average molecular weight is 682 g/mol. The normalized spacial score (nSPS) is 12.1. The van der Waals surface area contributed by atoms with E-state index >= 15 is 0 Å². The Kier molecular flexibility index (Phi) is 7.29. The first kappa shape index (κ1) is 30.7. The molecule has 0 atom stereocenters. The molecule has 0 saturated heterocycles. The Bertz CT molecular complexity index is 3080. The van der Waals surface area contributed by atoms with Crippen LogP contribution in [0.3, 0.4) is 0 Å². The second kappa shape index (κ2) is 12.6. The molecule has 0 unspecified atom stereocenters. The number of nitrogens with zero attached hydrogens (tertiary/aromatic N) is 3. The zero-order valence-electron chi connectivity index (χ0n) is 28.8. The van der Waals surface area contributed by atoms with E-state index in [4.69, 9.17) is 23.8 Å². The summed E-state index contributed by atoms with van der Waals surface area (Å²) in [5, 5.41) is 6.45. The van der Waals surface area contributed by atoms with Crippen LogP contribution in [0.2, 0.25) is 0 Å². The summed E-state index contributed by atoms with van der Waals surface area (Å²) >= 11 is 0. The van der Waals surface area contributed by atoms with Gasteiger partial charge in [0.25, 0.3) is 0 Å². The smallest absolute Gasteiger partial charge is 0.164 e. The van der Waals surface area contributed by atoms with E-state index in [9.17, 15) is 0 Å². The van der Waals surface area contributed by atoms with Crippen LogP contribution in [-0.2, 0) is 0 Å². The Labute approximate surface area is 305 Å². The summed E-state index contributed by atoms with van der Waals surface area (Å²) in [6.45, 7) is 2.02. The Morgan fingerprint density at radius 3 is 1.98 bits per heavy atom. The van der Waals surface area contributed by atoms with Gasteiger partial charge in [0.1, 0.15) is 22.3 Å². The third-order valence-electron chi connectivity index (χ3n) is 9.89. The zero-order valence-corrected chi connectivity index (χ0v) is 28.8. The van der Waals surface area contributed by atoms with Crippen LogP contribution < -0.4 is 0 Å². The first-order chi connectivity index (χ1) is 26.2. The molecule has 0 fully saturated rings. The Balaban J connectivity index is 1.13. The molecule has 0 aliphatic rings. The standard InChI is InChI=1S/C48H31N3O2/c1-2-3-5-13-30-22-25-35(36-17-9-8-16-34(30)36)32-23-26-38-44(29-32)53-43-21-12-19-39(45(38)43)48-50-46(31-14-6-4-7-15-31)49-47(51-48)33-24-27-42-40(28-33)37-18-10-11-20-41(37)52-42/h2-29H,1H3/b3-2-,13-5-. The summed E-state index contributed by atoms with van der Waals surface area (Å²) < 4.78 is 12.7. The van der Waals surface area contributed by atoms with Crippen LogP contribution in [0.1, 0.15) is 12.5 Å². The van der Waals surface area contributed by atoms with Crippen molar-refractivity contribution in [2.75, 3.05) is 0 Å². The molecular weight excluding hydrogens is 651 g/mol. The Morgan fingerprint density at radius 2 is 1.11 bits per heavy atom. The Morgan fingerprint density at radius 1 is 0.415 bits per heavy atom. The van der Waals surface area contributed by atoms with Crippen molar-refractivity contribution in [1.29, 1.82) is 0 Å². The highest BCUT2D eigenvalue weighted by Crippen LogP contribution is 2.40. The monoisotopic (exact) mass is 681 g/mol. The highest BCUT2D eigenvalue weighted by molar-refractivity contribution is 6.13. The fourth-order valence-electron chi connectivity index (χ4n) is 7.38. The van der Waals surface area contributed by atoms with E-state index in [0.717, 1.165) is 71.7 Å². The van der Waals surface area contributed by atoms with Crippen LogP contribution in [-0.4, -0.2) is 15.0 Å². The molecule has 10 rings (SSSR count). The molecule has 3 aromatic heterocycles. The van der Waals surface area contributed by atoms with Gasteiger partial charge in [-0.2, -0.15) is 0 Å². The fourth-order valence-corrected chi connectivity index (χ4v) is 7.38. The summed E-state index contributed by atoms with van der Waals surface area (Å²) in [4.78, 5) is 15.2. The van der Waals surface area contributed by atoms with Gasteiger partial charge in [-0.1, -0.05) is 127 Å². The predicted molar refractivity (Wildman–Crippen MR) is 217 cm³/mol. The number of aromatic nitrogens is 3. The molecule has 5 heteroatoms. The molecule has 3 heterocycles. The van der Waals surface area contributed by atoms with E-state index in [1.54, 1.807) is 0 Å². The summed E-state index contributed by atoms with van der Waals surface area (Å²) in [5.41, 5.74) is 9.37. The van der Waals surface area contributed by atoms with Gasteiger partial charge >= 0.3 is 0 Å². The van der Waals surface area contributed by atoms with Gasteiger partial charge in [-0.05, 0) is 76.9 Å². The number of furan rings is 2. The lowest BCUT2D eigenvalue weighted by atomic mass is 9.94. The van der Waals surface area contributed by atoms with Crippen molar-refractivity contribution in [3.8, 4) is 45.3 Å². The maximum absolute atomic E-state index is 6.59. The summed E-state index contributed by atoms with van der Waals surface area (Å²) in [6, 6.07) is 49.8. The molecule has 0 saturated carbocycles. The molecule has 250 valence electrons. The molecule has 0 amide bonds. The SMILES string of the molecule is C/C=C\C=C/c1ccc(-c2ccc3c(c2)oc2cccc(-c4nc(-c5ccccc5)nc(-c5ccc6oc7ccccc7c6c5)n4)c23)c2ccccc12. The number of allylic oxidation sites excluding steroid dienone is 3. The van der Waals surface area contributed by atoms with E-state index in [0.29, 0.717) is 17.5 Å². The van der Waals surface area contributed by atoms with Gasteiger partial charge in [-0.3, -0.25) is 0 Å². The zero-order chi connectivity index (χ0) is 35.3. The number of hydrogen-bond acceptors (Lipinski definition) is 5. The lowest BCUT2D eigenvalue weighted by Gasteiger charge is -2.10. The molecule has 10 aromatic rings. The minimum Gasteiger partial charge on any atom is -0.456 e. The van der Waals surface area contributed by atoms with Crippen molar-refractivity contribution < 1.29 is 8.83 Å². The first-order valence-electron chi connectivity index (χ1n) is 17.7. The number of para-hydroxylation sites is 1. The summed E-state index contributed by atoms with van der Waals surface area (Å²) in [6.07, 6.45) is 8.32. The molecule has 5 nitrogen and oxygen atoms in total. The van der Waals surface area contributed by atoms with Crippen LogP contribution in [0.15, 0.2) is 173 Å². The van der Waals surface area contributed by atoms with Crippen molar-refractivity contribution in [1.82, 2.24) is 15.0 Å². The van der Waals surface area contributed by atoms with Gasteiger partial charge < -0.3 is 8.83 Å². The quantitative estimate of drug-likeness (QED) is 0.163. The van der Waals surface area contributed by atoms with Gasteiger partial charge in [0.15, 0.2) is 17.5 Å². The third-order valence-corrected chi connectivity index (χ3v) is 9.89. The lowest BCUT2D eigenvalue weighted by molar-refractivity contribution is 0.668. The maximum atomic E-state index is 6.59. The lowest BCUT2D eigenvalue weighted by Crippen LogP contribution is -2.00.